The molecule has 3 unspecified atom stereocenters. The summed E-state index contributed by atoms with van der Waals surface area (Å²) in [5.41, 5.74) is 0. The molecule has 1 heteroatoms. The Kier molecular flexibility index (Phi) is 1.33. The van der Waals surface area contributed by atoms with Crippen molar-refractivity contribution in [1.29, 1.82) is 0 Å². The summed E-state index contributed by atoms with van der Waals surface area (Å²) in [6, 6.07) is 0. The number of carbonyl (C=O) groups excluding carboxylic acids is 1. The Balaban J connectivity index is 2.13. The number of fused-ring (bicyclic) bond motifs is 2. The molecule has 2 saturated carbocycles. The summed E-state index contributed by atoms with van der Waals surface area (Å²) < 4.78 is 0. The highest BCUT2D eigenvalue weighted by molar-refractivity contribution is 5.80. The van der Waals surface area contributed by atoms with E-state index in [1.54, 1.807) is 0 Å². The molecule has 10 heavy (non-hydrogen) atoms. The Hall–Kier alpha value is -0.330. The summed E-state index contributed by atoms with van der Waals surface area (Å²) in [6.07, 6.45) is 4.43. The molecule has 2 aliphatic rings. The fraction of sp³-hybridized carbons (Fsp3) is 0.889. The van der Waals surface area contributed by atoms with E-state index in [4.69, 9.17) is 0 Å². The van der Waals surface area contributed by atoms with Crippen molar-refractivity contribution in [1.82, 2.24) is 0 Å². The molecule has 1 nitrogen and oxygen atoms in total. The molecule has 2 rings (SSSR count). The molecule has 0 aromatic carbocycles. The first-order chi connectivity index (χ1) is 4.75. The van der Waals surface area contributed by atoms with E-state index in [0.29, 0.717) is 5.78 Å². The van der Waals surface area contributed by atoms with Crippen LogP contribution in [0.1, 0.15) is 32.6 Å². The monoisotopic (exact) mass is 138 g/mol. The van der Waals surface area contributed by atoms with Gasteiger partial charge >= 0.3 is 0 Å². The van der Waals surface area contributed by atoms with Crippen molar-refractivity contribution in [3.63, 3.8) is 0 Å². The quantitative estimate of drug-likeness (QED) is 0.500. The van der Waals surface area contributed by atoms with Crippen LogP contribution in [-0.4, -0.2) is 5.78 Å². The van der Waals surface area contributed by atoms with Gasteiger partial charge in [-0.3, -0.25) is 4.79 Å². The van der Waals surface area contributed by atoms with Gasteiger partial charge in [0.05, 0.1) is 0 Å². The summed E-state index contributed by atoms with van der Waals surface area (Å²) in [5.74, 6) is 2.87. The van der Waals surface area contributed by atoms with E-state index in [1.165, 1.54) is 12.8 Å². The van der Waals surface area contributed by atoms with Crippen LogP contribution in [0.25, 0.3) is 0 Å². The fourth-order valence-corrected chi connectivity index (χ4v) is 2.62. The van der Waals surface area contributed by atoms with Crippen LogP contribution < -0.4 is 0 Å². The summed E-state index contributed by atoms with van der Waals surface area (Å²) >= 11 is 0. The molecule has 0 aromatic heterocycles. The number of hydrogen-bond acceptors (Lipinski definition) is 1. The van der Waals surface area contributed by atoms with Gasteiger partial charge in [0.1, 0.15) is 5.78 Å². The largest absolute Gasteiger partial charge is 0.300 e. The average Bonchev–Trinajstić information content (AvgIpc) is 2.07. The second-order valence-electron chi connectivity index (χ2n) is 4.02. The van der Waals surface area contributed by atoms with Gasteiger partial charge in [0, 0.05) is 12.8 Å². The lowest BCUT2D eigenvalue weighted by Gasteiger charge is -2.17. The third-order valence-corrected chi connectivity index (χ3v) is 3.15. The second-order valence-corrected chi connectivity index (χ2v) is 4.02. The first-order valence-electron chi connectivity index (χ1n) is 4.27. The van der Waals surface area contributed by atoms with Gasteiger partial charge in [0.15, 0.2) is 0 Å². The minimum Gasteiger partial charge on any atom is -0.300 e. The van der Waals surface area contributed by atoms with Crippen molar-refractivity contribution < 1.29 is 4.79 Å². The third kappa shape index (κ3) is 0.882. The lowest BCUT2D eigenvalue weighted by atomic mass is 9.87. The van der Waals surface area contributed by atoms with Crippen molar-refractivity contribution in [3.8, 4) is 0 Å². The highest BCUT2D eigenvalue weighted by atomic mass is 16.1. The Labute approximate surface area is 61.8 Å². The van der Waals surface area contributed by atoms with Crippen molar-refractivity contribution in [2.45, 2.75) is 32.6 Å². The molecule has 0 aliphatic heterocycles. The molecule has 0 radical (unpaired) electrons. The fourth-order valence-electron chi connectivity index (χ4n) is 2.62. The van der Waals surface area contributed by atoms with Gasteiger partial charge in [-0.05, 0) is 30.6 Å². The number of hydrogen-bond donors (Lipinski definition) is 0. The highest BCUT2D eigenvalue weighted by Crippen LogP contribution is 2.44. The first kappa shape index (κ1) is 6.38. The number of carbonyl (C=O) groups is 1. The molecule has 3 atom stereocenters. The normalized spacial score (nSPS) is 46.1. The summed E-state index contributed by atoms with van der Waals surface area (Å²) in [7, 11) is 0. The van der Waals surface area contributed by atoms with Gasteiger partial charge in [-0.25, -0.2) is 0 Å². The van der Waals surface area contributed by atoms with Crippen LogP contribution in [0, 0.1) is 17.8 Å². The Morgan fingerprint density at radius 2 is 2.10 bits per heavy atom. The maximum atomic E-state index is 11.1. The third-order valence-electron chi connectivity index (χ3n) is 3.15. The van der Waals surface area contributed by atoms with Gasteiger partial charge in [-0.2, -0.15) is 0 Å². The van der Waals surface area contributed by atoms with Crippen LogP contribution in [0.15, 0.2) is 0 Å². The standard InChI is InChI=1S/C9H14O/c1-6-2-7-3-8(6)5-9(10)4-7/h6-8H,2-5H2,1H3. The van der Waals surface area contributed by atoms with Crippen LogP contribution in [0.5, 0.6) is 0 Å². The van der Waals surface area contributed by atoms with Crippen LogP contribution >= 0.6 is 0 Å². The summed E-state index contributed by atoms with van der Waals surface area (Å²) in [5, 5.41) is 0. The van der Waals surface area contributed by atoms with E-state index in [2.05, 4.69) is 6.92 Å². The molecule has 2 aliphatic carbocycles. The molecule has 56 valence electrons. The van der Waals surface area contributed by atoms with E-state index in [-0.39, 0.29) is 0 Å². The molecule has 0 amide bonds. The molecule has 0 N–H and O–H groups in total. The molecule has 0 saturated heterocycles. The summed E-state index contributed by atoms with van der Waals surface area (Å²) in [4.78, 5) is 11.1. The van der Waals surface area contributed by atoms with Crippen molar-refractivity contribution in [2.24, 2.45) is 17.8 Å². The minimum absolute atomic E-state index is 0.519. The molecular weight excluding hydrogens is 124 g/mol. The van der Waals surface area contributed by atoms with Gasteiger partial charge in [0.25, 0.3) is 0 Å². The molecule has 2 bridgehead atoms. The van der Waals surface area contributed by atoms with Crippen molar-refractivity contribution in [2.75, 3.05) is 0 Å². The van der Waals surface area contributed by atoms with Gasteiger partial charge in [-0.1, -0.05) is 6.92 Å². The summed E-state index contributed by atoms with van der Waals surface area (Å²) in [6.45, 7) is 2.29. The van der Waals surface area contributed by atoms with Gasteiger partial charge < -0.3 is 0 Å². The van der Waals surface area contributed by atoms with Crippen LogP contribution in [0.4, 0.5) is 0 Å². The molecule has 0 spiro atoms. The van der Waals surface area contributed by atoms with E-state index in [9.17, 15) is 4.79 Å². The first-order valence-corrected chi connectivity index (χ1v) is 4.27. The Bertz CT molecular complexity index is 160. The predicted molar refractivity (Wildman–Crippen MR) is 39.6 cm³/mol. The second kappa shape index (κ2) is 2.08. The van der Waals surface area contributed by atoms with Gasteiger partial charge in [-0.15, -0.1) is 0 Å². The number of Topliss-reactive ketones (excluding diaryl/α,β-unsaturated/α-hetero) is 1. The van der Waals surface area contributed by atoms with E-state index in [0.717, 1.165) is 30.6 Å². The molecule has 2 fully saturated rings. The van der Waals surface area contributed by atoms with E-state index < -0.39 is 0 Å². The maximum Gasteiger partial charge on any atom is 0.133 e. The van der Waals surface area contributed by atoms with E-state index >= 15 is 0 Å². The lowest BCUT2D eigenvalue weighted by Crippen LogP contribution is -2.16. The maximum absolute atomic E-state index is 11.1. The van der Waals surface area contributed by atoms with Crippen LogP contribution in [0.3, 0.4) is 0 Å². The van der Waals surface area contributed by atoms with Gasteiger partial charge in [0.2, 0.25) is 0 Å². The zero-order chi connectivity index (χ0) is 7.14. The van der Waals surface area contributed by atoms with Crippen LogP contribution in [-0.2, 0) is 4.79 Å². The highest BCUT2D eigenvalue weighted by Gasteiger charge is 2.37. The Morgan fingerprint density at radius 1 is 1.30 bits per heavy atom. The Morgan fingerprint density at radius 3 is 2.80 bits per heavy atom. The van der Waals surface area contributed by atoms with Crippen molar-refractivity contribution in [3.05, 3.63) is 0 Å². The number of rotatable bonds is 0. The molecular formula is C9H14O. The van der Waals surface area contributed by atoms with E-state index in [1.807, 2.05) is 0 Å². The topological polar surface area (TPSA) is 17.1 Å². The lowest BCUT2D eigenvalue weighted by molar-refractivity contribution is -0.121. The zero-order valence-corrected chi connectivity index (χ0v) is 6.47. The molecule has 0 heterocycles. The molecule has 0 aromatic rings. The minimum atomic E-state index is 0.519. The van der Waals surface area contributed by atoms with Crippen LogP contribution in [0.2, 0.25) is 0 Å². The smallest absolute Gasteiger partial charge is 0.133 e. The number of ketones is 1. The SMILES string of the molecule is CC1CC2CC(=O)CC1C2. The predicted octanol–water partition coefficient (Wildman–Crippen LogP) is 2.01. The van der Waals surface area contributed by atoms with Crippen molar-refractivity contribution >= 4 is 5.78 Å². The zero-order valence-electron chi connectivity index (χ0n) is 6.47. The average molecular weight is 138 g/mol.